The summed E-state index contributed by atoms with van der Waals surface area (Å²) in [5, 5.41) is 2.96. The fraction of sp³-hybridized carbons (Fsp3) is 0.391. The van der Waals surface area contributed by atoms with Crippen molar-refractivity contribution in [3.63, 3.8) is 0 Å². The first-order valence-corrected chi connectivity index (χ1v) is 9.69. The van der Waals surface area contributed by atoms with Gasteiger partial charge in [0.05, 0.1) is 6.42 Å². The van der Waals surface area contributed by atoms with Gasteiger partial charge in [0.2, 0.25) is 11.8 Å². The summed E-state index contributed by atoms with van der Waals surface area (Å²) in [6, 6.07) is 19.4. The van der Waals surface area contributed by atoms with Crippen LogP contribution in [0.15, 0.2) is 60.7 Å². The zero-order valence-corrected chi connectivity index (χ0v) is 16.5. The summed E-state index contributed by atoms with van der Waals surface area (Å²) in [5.41, 5.74) is 2.13. The Labute approximate surface area is 162 Å². The second-order valence-electron chi connectivity index (χ2n) is 7.07. The molecule has 0 saturated heterocycles. The molecule has 0 aliphatic rings. The van der Waals surface area contributed by atoms with Gasteiger partial charge in [0.1, 0.15) is 6.04 Å². The first-order chi connectivity index (χ1) is 13.0. The summed E-state index contributed by atoms with van der Waals surface area (Å²) in [4.78, 5) is 27.5. The highest BCUT2D eigenvalue weighted by molar-refractivity contribution is 5.88. The number of carbonyl (C=O) groups is 2. The number of nitrogens with zero attached hydrogens (tertiary/aromatic N) is 1. The summed E-state index contributed by atoms with van der Waals surface area (Å²) in [6.07, 6.45) is 1.63. The molecule has 0 aliphatic heterocycles. The van der Waals surface area contributed by atoms with E-state index in [-0.39, 0.29) is 17.9 Å². The average molecular weight is 367 g/mol. The van der Waals surface area contributed by atoms with E-state index in [0.717, 1.165) is 17.5 Å². The normalized spacial score (nSPS) is 11.9. The molecule has 27 heavy (non-hydrogen) atoms. The Bertz CT molecular complexity index is 714. The van der Waals surface area contributed by atoms with Gasteiger partial charge in [0.25, 0.3) is 0 Å². The number of rotatable bonds is 9. The molecular formula is C23H30N2O2. The Hall–Kier alpha value is -2.62. The van der Waals surface area contributed by atoms with E-state index in [1.54, 1.807) is 4.90 Å². The van der Waals surface area contributed by atoms with E-state index in [1.807, 2.05) is 69.3 Å². The van der Waals surface area contributed by atoms with E-state index in [4.69, 9.17) is 0 Å². The molecule has 0 fully saturated rings. The largest absolute Gasteiger partial charge is 0.352 e. The smallest absolute Gasteiger partial charge is 0.242 e. The molecule has 0 radical (unpaired) electrons. The number of amides is 2. The van der Waals surface area contributed by atoms with Gasteiger partial charge in [-0.15, -0.1) is 0 Å². The lowest BCUT2D eigenvalue weighted by molar-refractivity contribution is -0.140. The monoisotopic (exact) mass is 366 g/mol. The van der Waals surface area contributed by atoms with Crippen molar-refractivity contribution < 1.29 is 9.59 Å². The summed E-state index contributed by atoms with van der Waals surface area (Å²) in [5.74, 6) is -0.0927. The molecule has 2 aromatic carbocycles. The third-order valence-electron chi connectivity index (χ3n) is 4.50. The molecule has 0 bridgehead atoms. The molecule has 0 aliphatic carbocycles. The number of carbonyl (C=O) groups excluding carboxylic acids is 2. The highest BCUT2D eigenvalue weighted by Gasteiger charge is 2.28. The van der Waals surface area contributed by atoms with E-state index in [0.29, 0.717) is 19.4 Å². The zero-order chi connectivity index (χ0) is 19.6. The minimum absolute atomic E-state index is 0.0112. The predicted octanol–water partition coefficient (Wildman–Crippen LogP) is 3.60. The number of hydrogen-bond donors (Lipinski definition) is 1. The first kappa shape index (κ1) is 20.7. The van der Waals surface area contributed by atoms with Crippen molar-refractivity contribution in [3.05, 3.63) is 71.8 Å². The molecule has 0 unspecified atom stereocenters. The molecule has 2 rings (SSSR count). The third-order valence-corrected chi connectivity index (χ3v) is 4.50. The van der Waals surface area contributed by atoms with Gasteiger partial charge < -0.3 is 10.2 Å². The van der Waals surface area contributed by atoms with Crippen molar-refractivity contribution in [2.45, 2.75) is 52.1 Å². The summed E-state index contributed by atoms with van der Waals surface area (Å²) in [6.45, 7) is 6.35. The molecule has 1 N–H and O–H groups in total. The van der Waals surface area contributed by atoms with Crippen LogP contribution in [0.3, 0.4) is 0 Å². The van der Waals surface area contributed by atoms with Crippen LogP contribution in [0.1, 0.15) is 38.3 Å². The van der Waals surface area contributed by atoms with E-state index >= 15 is 0 Å². The molecule has 0 heterocycles. The zero-order valence-electron chi connectivity index (χ0n) is 16.5. The minimum atomic E-state index is -0.452. The van der Waals surface area contributed by atoms with Crippen molar-refractivity contribution in [1.82, 2.24) is 10.2 Å². The molecule has 0 saturated carbocycles. The molecule has 4 heteroatoms. The van der Waals surface area contributed by atoms with Crippen LogP contribution in [0, 0.1) is 0 Å². The fourth-order valence-electron chi connectivity index (χ4n) is 3.15. The summed E-state index contributed by atoms with van der Waals surface area (Å²) >= 11 is 0. The Morgan fingerprint density at radius 2 is 1.48 bits per heavy atom. The van der Waals surface area contributed by atoms with Crippen LogP contribution in [0.4, 0.5) is 0 Å². The van der Waals surface area contributed by atoms with Crippen LogP contribution in [-0.4, -0.2) is 35.3 Å². The highest BCUT2D eigenvalue weighted by atomic mass is 16.2. The van der Waals surface area contributed by atoms with Gasteiger partial charge in [0, 0.05) is 12.6 Å². The summed E-state index contributed by atoms with van der Waals surface area (Å²) in [7, 11) is 0. The first-order valence-electron chi connectivity index (χ1n) is 9.69. The second-order valence-corrected chi connectivity index (χ2v) is 7.07. The van der Waals surface area contributed by atoms with Gasteiger partial charge in [-0.05, 0) is 37.8 Å². The van der Waals surface area contributed by atoms with Crippen molar-refractivity contribution in [2.75, 3.05) is 6.54 Å². The van der Waals surface area contributed by atoms with Gasteiger partial charge in [-0.3, -0.25) is 9.59 Å². The maximum absolute atomic E-state index is 13.1. The Morgan fingerprint density at radius 3 is 2.00 bits per heavy atom. The van der Waals surface area contributed by atoms with Gasteiger partial charge in [-0.1, -0.05) is 67.6 Å². The Kier molecular flexibility index (Phi) is 8.05. The van der Waals surface area contributed by atoms with Crippen LogP contribution in [0.5, 0.6) is 0 Å². The van der Waals surface area contributed by atoms with Gasteiger partial charge in [-0.2, -0.15) is 0 Å². The average Bonchev–Trinajstić information content (AvgIpc) is 2.66. The van der Waals surface area contributed by atoms with Crippen molar-refractivity contribution >= 4 is 11.8 Å². The molecular weight excluding hydrogens is 336 g/mol. The van der Waals surface area contributed by atoms with Crippen LogP contribution < -0.4 is 5.32 Å². The fourth-order valence-corrected chi connectivity index (χ4v) is 3.15. The molecule has 2 aromatic rings. The lowest BCUT2D eigenvalue weighted by Gasteiger charge is -2.31. The minimum Gasteiger partial charge on any atom is -0.352 e. The van der Waals surface area contributed by atoms with Crippen LogP contribution in [0.25, 0.3) is 0 Å². The maximum atomic E-state index is 13.1. The van der Waals surface area contributed by atoms with Gasteiger partial charge in [-0.25, -0.2) is 0 Å². The lowest BCUT2D eigenvalue weighted by atomic mass is 10.1. The maximum Gasteiger partial charge on any atom is 0.242 e. The van der Waals surface area contributed by atoms with E-state index < -0.39 is 6.04 Å². The quantitative estimate of drug-likeness (QED) is 0.737. The highest BCUT2D eigenvalue weighted by Crippen LogP contribution is 2.12. The molecule has 144 valence electrons. The van der Waals surface area contributed by atoms with Crippen molar-refractivity contribution in [3.8, 4) is 0 Å². The number of nitrogens with one attached hydrogen (secondary N) is 1. The molecule has 1 atom stereocenters. The standard InChI is InChI=1S/C23H30N2O2/c1-4-21(23(27)24-18(2)3)25(16-15-19-11-7-5-8-12-19)22(26)17-20-13-9-6-10-14-20/h5-14,18,21H,4,15-17H2,1-3H3,(H,24,27)/t21-/m0/s1. The molecule has 2 amide bonds. The van der Waals surface area contributed by atoms with Crippen molar-refractivity contribution in [1.29, 1.82) is 0 Å². The lowest BCUT2D eigenvalue weighted by Crippen LogP contribution is -2.51. The van der Waals surface area contributed by atoms with Crippen LogP contribution >= 0.6 is 0 Å². The Balaban J connectivity index is 2.17. The van der Waals surface area contributed by atoms with E-state index in [1.165, 1.54) is 0 Å². The van der Waals surface area contributed by atoms with E-state index in [9.17, 15) is 9.59 Å². The topological polar surface area (TPSA) is 49.4 Å². The number of hydrogen-bond acceptors (Lipinski definition) is 2. The number of benzene rings is 2. The van der Waals surface area contributed by atoms with Crippen LogP contribution in [0.2, 0.25) is 0 Å². The van der Waals surface area contributed by atoms with E-state index in [2.05, 4.69) is 17.4 Å². The SMILES string of the molecule is CC[C@@H](C(=O)NC(C)C)N(CCc1ccccc1)C(=O)Cc1ccccc1. The molecule has 0 aromatic heterocycles. The van der Waals surface area contributed by atoms with Gasteiger partial charge in [0.15, 0.2) is 0 Å². The third kappa shape index (κ3) is 6.55. The summed E-state index contributed by atoms with van der Waals surface area (Å²) < 4.78 is 0. The van der Waals surface area contributed by atoms with Gasteiger partial charge >= 0.3 is 0 Å². The Morgan fingerprint density at radius 1 is 0.926 bits per heavy atom. The van der Waals surface area contributed by atoms with Crippen molar-refractivity contribution in [2.24, 2.45) is 0 Å². The second kappa shape index (κ2) is 10.5. The molecule has 0 spiro atoms. The predicted molar refractivity (Wildman–Crippen MR) is 109 cm³/mol. The van der Waals surface area contributed by atoms with Crippen LogP contribution in [-0.2, 0) is 22.4 Å². The molecule has 4 nitrogen and oxygen atoms in total.